The van der Waals surface area contributed by atoms with Crippen LogP contribution in [0.3, 0.4) is 0 Å². The number of nitrogens with one attached hydrogen (secondary N) is 1. The topological polar surface area (TPSA) is 32.3 Å². The lowest BCUT2D eigenvalue weighted by molar-refractivity contribution is -0.112. The van der Waals surface area contributed by atoms with Crippen LogP contribution in [-0.2, 0) is 17.6 Å². The van der Waals surface area contributed by atoms with Crippen LogP contribution in [0.25, 0.3) is 0 Å². The summed E-state index contributed by atoms with van der Waals surface area (Å²) in [5.74, 6) is -0.104. The second-order valence-electron chi connectivity index (χ2n) is 5.33. The molecule has 0 saturated heterocycles. The Morgan fingerprint density at radius 2 is 1.82 bits per heavy atom. The summed E-state index contributed by atoms with van der Waals surface area (Å²) in [5, 5.41) is 3.08. The fourth-order valence-electron chi connectivity index (χ4n) is 2.71. The van der Waals surface area contributed by atoms with Crippen LogP contribution in [0.4, 0.5) is 5.69 Å². The molecule has 3 nitrogen and oxygen atoms in total. The number of carbonyl (C=O) groups is 1. The van der Waals surface area contributed by atoms with E-state index in [9.17, 15) is 4.79 Å². The summed E-state index contributed by atoms with van der Waals surface area (Å²) >= 11 is 5.26. The van der Waals surface area contributed by atoms with Crippen molar-refractivity contribution in [2.45, 2.75) is 12.8 Å². The number of rotatable bonds is 3. The first-order valence-electron chi connectivity index (χ1n) is 7.47. The van der Waals surface area contributed by atoms with Crippen molar-refractivity contribution >= 4 is 28.8 Å². The maximum Gasteiger partial charge on any atom is 0.285 e. The van der Waals surface area contributed by atoms with Crippen molar-refractivity contribution in [3.05, 3.63) is 65.7 Å². The third-order valence-corrected chi connectivity index (χ3v) is 4.19. The third-order valence-electron chi connectivity index (χ3n) is 3.87. The van der Waals surface area contributed by atoms with Gasteiger partial charge < -0.3 is 10.2 Å². The van der Waals surface area contributed by atoms with E-state index in [1.54, 1.807) is 4.90 Å². The molecule has 0 aromatic heterocycles. The Bertz CT molecular complexity index is 684. The molecular formula is C18H18N2OS. The monoisotopic (exact) mass is 310 g/mol. The number of hydrogen-bond acceptors (Lipinski definition) is 2. The number of para-hydroxylation sites is 1. The van der Waals surface area contributed by atoms with Gasteiger partial charge >= 0.3 is 0 Å². The quantitative estimate of drug-likeness (QED) is 0.885. The predicted molar refractivity (Wildman–Crippen MR) is 93.2 cm³/mol. The lowest BCUT2D eigenvalue weighted by atomic mass is 10.1. The van der Waals surface area contributed by atoms with E-state index in [1.807, 2.05) is 36.4 Å². The number of nitrogens with zero attached hydrogens (tertiary/aromatic N) is 1. The molecule has 1 heterocycles. The minimum atomic E-state index is -0.104. The zero-order chi connectivity index (χ0) is 15.4. The number of hydrogen-bond donors (Lipinski definition) is 1. The van der Waals surface area contributed by atoms with Crippen LogP contribution in [0, 0.1) is 0 Å². The fraction of sp³-hybridized carbons (Fsp3) is 0.222. The van der Waals surface area contributed by atoms with Crippen molar-refractivity contribution in [1.29, 1.82) is 0 Å². The summed E-state index contributed by atoms with van der Waals surface area (Å²) in [6, 6.07) is 18.2. The van der Waals surface area contributed by atoms with Crippen molar-refractivity contribution in [3.8, 4) is 0 Å². The Labute approximate surface area is 136 Å². The van der Waals surface area contributed by atoms with Crippen LogP contribution in [0.1, 0.15) is 11.1 Å². The Kier molecular flexibility index (Phi) is 4.49. The molecule has 1 aliphatic heterocycles. The number of carbonyl (C=O) groups excluding carboxylic acids is 1. The van der Waals surface area contributed by atoms with Crippen molar-refractivity contribution in [3.63, 3.8) is 0 Å². The van der Waals surface area contributed by atoms with E-state index < -0.39 is 0 Å². The molecule has 1 N–H and O–H groups in total. The summed E-state index contributed by atoms with van der Waals surface area (Å²) in [6.45, 7) is 1.38. The van der Waals surface area contributed by atoms with E-state index in [4.69, 9.17) is 12.2 Å². The molecule has 0 aliphatic carbocycles. The maximum atomic E-state index is 12.5. The van der Waals surface area contributed by atoms with E-state index in [1.165, 1.54) is 11.1 Å². The van der Waals surface area contributed by atoms with E-state index in [0.29, 0.717) is 18.1 Å². The molecular weight excluding hydrogens is 292 g/mol. The molecule has 3 rings (SSSR count). The maximum absolute atomic E-state index is 12.5. The Hall–Kier alpha value is -2.20. The van der Waals surface area contributed by atoms with Crippen LogP contribution >= 0.6 is 12.2 Å². The Morgan fingerprint density at radius 3 is 2.64 bits per heavy atom. The summed E-state index contributed by atoms with van der Waals surface area (Å²) in [5.41, 5.74) is 3.43. The SMILES string of the molecule is O=C(C(=S)NCCc1ccccc1)N1CCc2ccccc21. The molecule has 4 heteroatoms. The first kappa shape index (κ1) is 14.7. The van der Waals surface area contributed by atoms with Crippen molar-refractivity contribution in [2.75, 3.05) is 18.0 Å². The van der Waals surface area contributed by atoms with Crippen LogP contribution < -0.4 is 10.2 Å². The number of amides is 1. The average Bonchev–Trinajstić information content (AvgIpc) is 2.99. The van der Waals surface area contributed by atoms with Gasteiger partial charge in [0, 0.05) is 18.8 Å². The van der Waals surface area contributed by atoms with Crippen molar-refractivity contribution in [2.24, 2.45) is 0 Å². The third kappa shape index (κ3) is 3.17. The second-order valence-corrected chi connectivity index (χ2v) is 5.74. The van der Waals surface area contributed by atoms with Crippen LogP contribution in [0.15, 0.2) is 54.6 Å². The van der Waals surface area contributed by atoms with Gasteiger partial charge in [0.1, 0.15) is 0 Å². The molecule has 1 aliphatic rings. The van der Waals surface area contributed by atoms with Gasteiger partial charge in [-0.2, -0.15) is 0 Å². The molecule has 0 spiro atoms. The molecule has 22 heavy (non-hydrogen) atoms. The first-order valence-corrected chi connectivity index (χ1v) is 7.88. The zero-order valence-electron chi connectivity index (χ0n) is 12.3. The van der Waals surface area contributed by atoms with Gasteiger partial charge in [-0.25, -0.2) is 0 Å². The molecule has 1 amide bonds. The molecule has 0 saturated carbocycles. The van der Waals surface area contributed by atoms with Gasteiger partial charge in [0.15, 0.2) is 4.99 Å². The van der Waals surface area contributed by atoms with Gasteiger partial charge in [0.25, 0.3) is 5.91 Å². The normalized spacial score (nSPS) is 12.8. The van der Waals surface area contributed by atoms with Crippen molar-refractivity contribution < 1.29 is 4.79 Å². The highest BCUT2D eigenvalue weighted by Crippen LogP contribution is 2.27. The lowest BCUT2D eigenvalue weighted by Crippen LogP contribution is -2.41. The largest absolute Gasteiger partial charge is 0.371 e. The fourth-order valence-corrected chi connectivity index (χ4v) is 2.92. The highest BCUT2D eigenvalue weighted by atomic mass is 32.1. The van der Waals surface area contributed by atoms with E-state index in [0.717, 1.165) is 18.5 Å². The molecule has 112 valence electrons. The molecule has 0 atom stereocenters. The summed E-state index contributed by atoms with van der Waals surface area (Å²) in [4.78, 5) is 14.5. The predicted octanol–water partition coefficient (Wildman–Crippen LogP) is 2.74. The van der Waals surface area contributed by atoms with E-state index in [-0.39, 0.29) is 5.91 Å². The van der Waals surface area contributed by atoms with Gasteiger partial charge in [-0.3, -0.25) is 4.79 Å². The van der Waals surface area contributed by atoms with E-state index in [2.05, 4.69) is 23.5 Å². The standard InChI is InChI=1S/C18H18N2OS/c21-18(20-13-11-15-8-4-5-9-16(15)20)17(22)19-12-10-14-6-2-1-3-7-14/h1-9H,10-13H2,(H,19,22). The molecule has 0 bridgehead atoms. The summed E-state index contributed by atoms with van der Waals surface area (Å²) in [7, 11) is 0. The zero-order valence-corrected chi connectivity index (χ0v) is 13.1. The molecule has 0 fully saturated rings. The number of anilines is 1. The minimum Gasteiger partial charge on any atom is -0.371 e. The van der Waals surface area contributed by atoms with Crippen molar-refractivity contribution in [1.82, 2.24) is 5.32 Å². The highest BCUT2D eigenvalue weighted by molar-refractivity contribution is 7.82. The highest BCUT2D eigenvalue weighted by Gasteiger charge is 2.26. The molecule has 0 unspecified atom stereocenters. The van der Waals surface area contributed by atoms with Gasteiger partial charge in [-0.1, -0.05) is 60.7 Å². The smallest absolute Gasteiger partial charge is 0.285 e. The minimum absolute atomic E-state index is 0.104. The van der Waals surface area contributed by atoms with Gasteiger partial charge in [0.05, 0.1) is 0 Å². The van der Waals surface area contributed by atoms with Crippen LogP contribution in [0.2, 0.25) is 0 Å². The number of fused-ring (bicyclic) bond motifs is 1. The van der Waals surface area contributed by atoms with Gasteiger partial charge in [0.2, 0.25) is 0 Å². The van der Waals surface area contributed by atoms with Crippen LogP contribution in [0.5, 0.6) is 0 Å². The van der Waals surface area contributed by atoms with Gasteiger partial charge in [-0.05, 0) is 30.0 Å². The lowest BCUT2D eigenvalue weighted by Gasteiger charge is -2.18. The second kappa shape index (κ2) is 6.71. The molecule has 2 aromatic carbocycles. The summed E-state index contributed by atoms with van der Waals surface area (Å²) < 4.78 is 0. The Balaban J connectivity index is 1.56. The number of thiocarbonyl (C=S) groups is 1. The average molecular weight is 310 g/mol. The summed E-state index contributed by atoms with van der Waals surface area (Å²) in [6.07, 6.45) is 1.75. The molecule has 0 radical (unpaired) electrons. The number of benzene rings is 2. The van der Waals surface area contributed by atoms with Gasteiger partial charge in [-0.15, -0.1) is 0 Å². The Morgan fingerprint density at radius 1 is 1.09 bits per heavy atom. The first-order chi connectivity index (χ1) is 10.8. The van der Waals surface area contributed by atoms with Crippen LogP contribution in [-0.4, -0.2) is 24.0 Å². The van der Waals surface area contributed by atoms with E-state index >= 15 is 0 Å². The molecule has 2 aromatic rings.